The van der Waals surface area contributed by atoms with Gasteiger partial charge in [0.15, 0.2) is 0 Å². The van der Waals surface area contributed by atoms with Gasteiger partial charge in [0.05, 0.1) is 0 Å². The molecule has 1 saturated carbocycles. The van der Waals surface area contributed by atoms with Crippen LogP contribution in [0, 0.1) is 5.92 Å². The Bertz CT molecular complexity index is 237. The molecule has 0 heterocycles. The molecule has 2 heteroatoms. The minimum Gasteiger partial charge on any atom is -0.461 e. The summed E-state index contributed by atoms with van der Waals surface area (Å²) in [6.45, 7) is 4.15. The largest absolute Gasteiger partial charge is 0.461 e. The number of esters is 1. The maximum atomic E-state index is 10.8. The number of carbonyl (C=O) groups is 1. The van der Waals surface area contributed by atoms with Gasteiger partial charge in [0.2, 0.25) is 0 Å². The van der Waals surface area contributed by atoms with Crippen LogP contribution in [-0.2, 0) is 9.53 Å². The molecule has 1 aliphatic carbocycles. The first kappa shape index (κ1) is 13.3. The fraction of sp³-hybridized carbons (Fsp3) is 0.786. The average Bonchev–Trinajstić information content (AvgIpc) is 2.27. The Morgan fingerprint density at radius 1 is 1.31 bits per heavy atom. The molecule has 0 aromatic carbocycles. The lowest BCUT2D eigenvalue weighted by atomic mass is 9.87. The van der Waals surface area contributed by atoms with Crippen molar-refractivity contribution in [2.45, 2.75) is 58.8 Å². The predicted molar refractivity (Wildman–Crippen MR) is 66.2 cm³/mol. The smallest absolute Gasteiger partial charge is 0.302 e. The topological polar surface area (TPSA) is 26.3 Å². The van der Waals surface area contributed by atoms with E-state index in [9.17, 15) is 4.79 Å². The summed E-state index contributed by atoms with van der Waals surface area (Å²) in [6, 6.07) is 0. The van der Waals surface area contributed by atoms with Gasteiger partial charge in [0.25, 0.3) is 0 Å². The second-order valence-electron chi connectivity index (χ2n) is 4.75. The van der Waals surface area contributed by atoms with Gasteiger partial charge in [0.1, 0.15) is 6.61 Å². The molecule has 1 aliphatic rings. The van der Waals surface area contributed by atoms with Gasteiger partial charge in [0, 0.05) is 6.92 Å². The summed E-state index contributed by atoms with van der Waals surface area (Å²) in [5, 5.41) is 0. The Kier molecular flexibility index (Phi) is 6.20. The van der Waals surface area contributed by atoms with Crippen LogP contribution in [0.25, 0.3) is 0 Å². The Morgan fingerprint density at radius 2 is 2.00 bits per heavy atom. The van der Waals surface area contributed by atoms with Crippen LogP contribution in [0.3, 0.4) is 0 Å². The maximum absolute atomic E-state index is 10.8. The van der Waals surface area contributed by atoms with Crippen molar-refractivity contribution in [2.24, 2.45) is 5.92 Å². The fourth-order valence-corrected chi connectivity index (χ4v) is 2.35. The highest BCUT2D eigenvalue weighted by molar-refractivity contribution is 5.66. The van der Waals surface area contributed by atoms with Crippen molar-refractivity contribution < 1.29 is 9.53 Å². The summed E-state index contributed by atoms with van der Waals surface area (Å²) in [5.74, 6) is 0.552. The molecule has 16 heavy (non-hydrogen) atoms. The van der Waals surface area contributed by atoms with Crippen LogP contribution < -0.4 is 0 Å². The van der Waals surface area contributed by atoms with Crippen LogP contribution in [0.15, 0.2) is 11.6 Å². The average molecular weight is 224 g/mol. The molecule has 0 bridgehead atoms. The predicted octanol–water partition coefficient (Wildman–Crippen LogP) is 3.86. The van der Waals surface area contributed by atoms with Gasteiger partial charge in [-0.15, -0.1) is 0 Å². The Morgan fingerprint density at radius 3 is 2.56 bits per heavy atom. The first-order valence-electron chi connectivity index (χ1n) is 6.55. The third-order valence-corrected chi connectivity index (χ3v) is 3.15. The maximum Gasteiger partial charge on any atom is 0.302 e. The number of allylic oxidation sites excluding steroid dienone is 1. The molecule has 1 rings (SSSR count). The molecule has 0 atom stereocenters. The monoisotopic (exact) mass is 224 g/mol. The van der Waals surface area contributed by atoms with E-state index >= 15 is 0 Å². The summed E-state index contributed by atoms with van der Waals surface area (Å²) in [4.78, 5) is 10.8. The van der Waals surface area contributed by atoms with Crippen LogP contribution in [-0.4, -0.2) is 12.6 Å². The van der Waals surface area contributed by atoms with Crippen LogP contribution in [0.1, 0.15) is 58.8 Å². The zero-order chi connectivity index (χ0) is 11.8. The van der Waals surface area contributed by atoms with Gasteiger partial charge in [-0.2, -0.15) is 0 Å². The third kappa shape index (κ3) is 5.34. The van der Waals surface area contributed by atoms with Crippen LogP contribution in [0.2, 0.25) is 0 Å². The lowest BCUT2D eigenvalue weighted by molar-refractivity contribution is -0.140. The normalized spacial score (nSPS) is 18.5. The molecular formula is C14H24O2. The van der Waals surface area contributed by atoms with E-state index in [1.54, 1.807) is 0 Å². The third-order valence-electron chi connectivity index (χ3n) is 3.15. The van der Waals surface area contributed by atoms with Crippen molar-refractivity contribution in [1.82, 2.24) is 0 Å². The molecule has 0 amide bonds. The zero-order valence-corrected chi connectivity index (χ0v) is 10.6. The van der Waals surface area contributed by atoms with E-state index in [2.05, 4.69) is 13.0 Å². The number of rotatable bonds is 5. The van der Waals surface area contributed by atoms with Gasteiger partial charge in [-0.3, -0.25) is 4.79 Å². The van der Waals surface area contributed by atoms with Gasteiger partial charge in [-0.1, -0.05) is 38.7 Å². The van der Waals surface area contributed by atoms with E-state index in [1.807, 2.05) is 0 Å². The second kappa shape index (κ2) is 7.48. The first-order chi connectivity index (χ1) is 7.72. The number of hydrogen-bond acceptors (Lipinski definition) is 2. The molecule has 0 aliphatic heterocycles. The molecule has 0 unspecified atom stereocenters. The van der Waals surface area contributed by atoms with E-state index in [-0.39, 0.29) is 5.97 Å². The highest BCUT2D eigenvalue weighted by atomic mass is 16.5. The van der Waals surface area contributed by atoms with Crippen LogP contribution in [0.4, 0.5) is 0 Å². The number of hydrogen-bond donors (Lipinski definition) is 0. The molecule has 0 aromatic heterocycles. The molecule has 0 spiro atoms. The molecule has 0 N–H and O–H groups in total. The first-order valence-corrected chi connectivity index (χ1v) is 6.55. The van der Waals surface area contributed by atoms with Crippen LogP contribution >= 0.6 is 0 Å². The van der Waals surface area contributed by atoms with Crippen molar-refractivity contribution in [3.05, 3.63) is 11.6 Å². The molecular weight excluding hydrogens is 200 g/mol. The highest BCUT2D eigenvalue weighted by Crippen LogP contribution is 2.26. The summed E-state index contributed by atoms with van der Waals surface area (Å²) in [6.07, 6.45) is 11.3. The summed E-state index contributed by atoms with van der Waals surface area (Å²) in [7, 11) is 0. The van der Waals surface area contributed by atoms with Crippen LogP contribution in [0.5, 0.6) is 0 Å². The Labute approximate surface area is 99.1 Å². The van der Waals surface area contributed by atoms with E-state index in [0.717, 1.165) is 18.8 Å². The molecule has 92 valence electrons. The highest BCUT2D eigenvalue weighted by Gasteiger charge is 2.12. The molecule has 0 radical (unpaired) electrons. The SMILES string of the molecule is CCCC(=CC1CCCCC1)COC(C)=O. The van der Waals surface area contributed by atoms with Crippen molar-refractivity contribution in [3.63, 3.8) is 0 Å². The fourth-order valence-electron chi connectivity index (χ4n) is 2.35. The van der Waals surface area contributed by atoms with Crippen molar-refractivity contribution in [2.75, 3.05) is 6.61 Å². The zero-order valence-electron chi connectivity index (χ0n) is 10.6. The van der Waals surface area contributed by atoms with Crippen molar-refractivity contribution >= 4 is 5.97 Å². The van der Waals surface area contributed by atoms with Gasteiger partial charge >= 0.3 is 5.97 Å². The standard InChI is InChI=1S/C14H24O2/c1-3-7-14(11-16-12(2)15)10-13-8-5-4-6-9-13/h10,13H,3-9,11H2,1-2H3. The van der Waals surface area contributed by atoms with Gasteiger partial charge in [-0.25, -0.2) is 0 Å². The van der Waals surface area contributed by atoms with E-state index < -0.39 is 0 Å². The molecule has 0 saturated heterocycles. The second-order valence-corrected chi connectivity index (χ2v) is 4.75. The van der Waals surface area contributed by atoms with E-state index in [0.29, 0.717) is 6.61 Å². The van der Waals surface area contributed by atoms with Gasteiger partial charge in [-0.05, 0) is 30.8 Å². The van der Waals surface area contributed by atoms with Crippen molar-refractivity contribution in [1.29, 1.82) is 0 Å². The summed E-state index contributed by atoms with van der Waals surface area (Å²) >= 11 is 0. The Hall–Kier alpha value is -0.790. The lowest BCUT2D eigenvalue weighted by Crippen LogP contribution is -2.08. The van der Waals surface area contributed by atoms with E-state index in [4.69, 9.17) is 4.74 Å². The van der Waals surface area contributed by atoms with Gasteiger partial charge < -0.3 is 4.74 Å². The van der Waals surface area contributed by atoms with Crippen molar-refractivity contribution in [3.8, 4) is 0 Å². The Balaban J connectivity index is 2.45. The number of ether oxygens (including phenoxy) is 1. The molecule has 0 aromatic rings. The molecule has 2 nitrogen and oxygen atoms in total. The molecule has 1 fully saturated rings. The number of carbonyl (C=O) groups excluding carboxylic acids is 1. The quantitative estimate of drug-likeness (QED) is 0.523. The van der Waals surface area contributed by atoms with E-state index in [1.165, 1.54) is 44.6 Å². The minimum absolute atomic E-state index is 0.175. The minimum atomic E-state index is -0.175. The summed E-state index contributed by atoms with van der Waals surface area (Å²) < 4.78 is 5.09. The summed E-state index contributed by atoms with van der Waals surface area (Å²) in [5.41, 5.74) is 1.31. The lowest BCUT2D eigenvalue weighted by Gasteiger charge is -2.19.